The van der Waals surface area contributed by atoms with E-state index in [4.69, 9.17) is 11.6 Å². The van der Waals surface area contributed by atoms with Crippen molar-refractivity contribution in [3.05, 3.63) is 72.0 Å². The van der Waals surface area contributed by atoms with Crippen molar-refractivity contribution in [1.82, 2.24) is 19.8 Å². The van der Waals surface area contributed by atoms with E-state index in [0.29, 0.717) is 5.02 Å². The quantitative estimate of drug-likeness (QED) is 0.559. The molecule has 0 radical (unpaired) electrons. The van der Waals surface area contributed by atoms with Crippen LogP contribution in [-0.2, 0) is 0 Å². The first kappa shape index (κ1) is 13.0. The van der Waals surface area contributed by atoms with E-state index in [1.165, 1.54) is 0 Å². The van der Waals surface area contributed by atoms with Gasteiger partial charge in [-0.2, -0.15) is 9.61 Å². The third-order valence-electron chi connectivity index (χ3n) is 3.49. The summed E-state index contributed by atoms with van der Waals surface area (Å²) in [6, 6.07) is 19.8. The van der Waals surface area contributed by atoms with E-state index in [1.807, 2.05) is 48.5 Å². The first-order valence-electron chi connectivity index (χ1n) is 6.84. The second-order valence-corrected chi connectivity index (χ2v) is 5.35. The van der Waals surface area contributed by atoms with Gasteiger partial charge in [0.05, 0.1) is 5.69 Å². The fourth-order valence-electron chi connectivity index (χ4n) is 2.42. The van der Waals surface area contributed by atoms with E-state index in [-0.39, 0.29) is 0 Å². The normalized spacial score (nSPS) is 11.0. The predicted octanol–water partition coefficient (Wildman–Crippen LogP) is 4.11. The van der Waals surface area contributed by atoms with E-state index < -0.39 is 0 Å². The standard InChI is InChI=1S/C17H11ClN4/c18-14-8-6-13(7-9-14)16-10-15(12-4-2-1-3-5-12)17-20-19-11-22(17)21-16/h1-11H. The summed E-state index contributed by atoms with van der Waals surface area (Å²) in [7, 11) is 0. The number of fused-ring (bicyclic) bond motifs is 1. The van der Waals surface area contributed by atoms with Crippen LogP contribution in [0.15, 0.2) is 67.0 Å². The minimum absolute atomic E-state index is 0.706. The monoisotopic (exact) mass is 306 g/mol. The molecule has 0 aliphatic heterocycles. The Morgan fingerprint density at radius 3 is 2.41 bits per heavy atom. The second-order valence-electron chi connectivity index (χ2n) is 4.92. The van der Waals surface area contributed by atoms with E-state index in [9.17, 15) is 0 Å². The maximum Gasteiger partial charge on any atom is 0.185 e. The van der Waals surface area contributed by atoms with Crippen LogP contribution >= 0.6 is 11.6 Å². The van der Waals surface area contributed by atoms with Crippen molar-refractivity contribution >= 4 is 17.2 Å². The third-order valence-corrected chi connectivity index (χ3v) is 3.74. The minimum Gasteiger partial charge on any atom is -0.199 e. The largest absolute Gasteiger partial charge is 0.199 e. The van der Waals surface area contributed by atoms with Crippen LogP contribution in [0.5, 0.6) is 0 Å². The molecule has 0 bridgehead atoms. The van der Waals surface area contributed by atoms with Crippen molar-refractivity contribution in [1.29, 1.82) is 0 Å². The highest BCUT2D eigenvalue weighted by molar-refractivity contribution is 6.30. The lowest BCUT2D eigenvalue weighted by atomic mass is 10.0. The van der Waals surface area contributed by atoms with Crippen LogP contribution < -0.4 is 0 Å². The predicted molar refractivity (Wildman–Crippen MR) is 86.7 cm³/mol. The Labute approximate surface area is 132 Å². The summed E-state index contributed by atoms with van der Waals surface area (Å²) in [4.78, 5) is 0. The lowest BCUT2D eigenvalue weighted by Crippen LogP contribution is -1.96. The fraction of sp³-hybridized carbons (Fsp3) is 0. The van der Waals surface area contributed by atoms with Gasteiger partial charge in [0.2, 0.25) is 0 Å². The van der Waals surface area contributed by atoms with Crippen molar-refractivity contribution in [2.75, 3.05) is 0 Å². The van der Waals surface area contributed by atoms with Gasteiger partial charge in [-0.25, -0.2) is 0 Å². The molecule has 0 atom stereocenters. The summed E-state index contributed by atoms with van der Waals surface area (Å²) in [5.74, 6) is 0. The van der Waals surface area contributed by atoms with Gasteiger partial charge in [-0.1, -0.05) is 54.1 Å². The van der Waals surface area contributed by atoms with Crippen molar-refractivity contribution in [3.63, 3.8) is 0 Å². The molecule has 0 aliphatic rings. The molecule has 0 fully saturated rings. The lowest BCUT2D eigenvalue weighted by molar-refractivity contribution is 0.933. The molecule has 2 aromatic carbocycles. The van der Waals surface area contributed by atoms with Gasteiger partial charge in [0.1, 0.15) is 6.33 Å². The molecule has 22 heavy (non-hydrogen) atoms. The van der Waals surface area contributed by atoms with E-state index >= 15 is 0 Å². The Morgan fingerprint density at radius 1 is 0.864 bits per heavy atom. The summed E-state index contributed by atoms with van der Waals surface area (Å²) < 4.78 is 1.70. The average Bonchev–Trinajstić information content (AvgIpc) is 3.04. The van der Waals surface area contributed by atoms with Crippen molar-refractivity contribution in [2.45, 2.75) is 0 Å². The molecule has 0 unspecified atom stereocenters. The number of hydrogen-bond donors (Lipinski definition) is 0. The Kier molecular flexibility index (Phi) is 3.09. The van der Waals surface area contributed by atoms with Gasteiger partial charge in [-0.15, -0.1) is 10.2 Å². The zero-order valence-electron chi connectivity index (χ0n) is 11.5. The van der Waals surface area contributed by atoms with E-state index in [1.54, 1.807) is 10.8 Å². The fourth-order valence-corrected chi connectivity index (χ4v) is 2.54. The molecule has 0 amide bonds. The highest BCUT2D eigenvalue weighted by Crippen LogP contribution is 2.28. The minimum atomic E-state index is 0.706. The number of halogens is 1. The third kappa shape index (κ3) is 2.23. The summed E-state index contributed by atoms with van der Waals surface area (Å²) in [5, 5.41) is 13.4. The molecule has 106 valence electrons. The molecule has 0 saturated carbocycles. The molecule has 0 N–H and O–H groups in total. The maximum absolute atomic E-state index is 5.96. The summed E-state index contributed by atoms with van der Waals surface area (Å²) in [5.41, 5.74) is 4.67. The van der Waals surface area contributed by atoms with Gasteiger partial charge in [-0.3, -0.25) is 0 Å². The Balaban J connectivity index is 1.96. The smallest absolute Gasteiger partial charge is 0.185 e. The van der Waals surface area contributed by atoms with Crippen LogP contribution in [0.2, 0.25) is 5.02 Å². The van der Waals surface area contributed by atoms with E-state index in [0.717, 1.165) is 28.0 Å². The number of hydrogen-bond acceptors (Lipinski definition) is 3. The zero-order valence-corrected chi connectivity index (χ0v) is 12.3. The number of rotatable bonds is 2. The van der Waals surface area contributed by atoms with Crippen LogP contribution in [0.1, 0.15) is 0 Å². The molecule has 5 heteroatoms. The molecule has 2 aromatic heterocycles. The van der Waals surface area contributed by atoms with Crippen LogP contribution in [0, 0.1) is 0 Å². The van der Waals surface area contributed by atoms with Crippen LogP contribution in [0.25, 0.3) is 28.0 Å². The molecule has 4 nitrogen and oxygen atoms in total. The highest BCUT2D eigenvalue weighted by atomic mass is 35.5. The van der Waals surface area contributed by atoms with Crippen LogP contribution in [-0.4, -0.2) is 19.8 Å². The van der Waals surface area contributed by atoms with Gasteiger partial charge in [0, 0.05) is 16.1 Å². The SMILES string of the molecule is Clc1ccc(-c2cc(-c3ccccc3)c3nncn3n2)cc1. The molecular formula is C17H11ClN4. The lowest BCUT2D eigenvalue weighted by Gasteiger charge is -2.07. The molecule has 4 aromatic rings. The molecule has 2 heterocycles. The van der Waals surface area contributed by atoms with Crippen molar-refractivity contribution in [3.8, 4) is 22.4 Å². The van der Waals surface area contributed by atoms with Gasteiger partial charge >= 0.3 is 0 Å². The van der Waals surface area contributed by atoms with Crippen molar-refractivity contribution < 1.29 is 0 Å². The van der Waals surface area contributed by atoms with Gasteiger partial charge in [0.15, 0.2) is 5.65 Å². The first-order valence-corrected chi connectivity index (χ1v) is 7.21. The van der Waals surface area contributed by atoms with Crippen LogP contribution in [0.4, 0.5) is 0 Å². The molecule has 0 aliphatic carbocycles. The van der Waals surface area contributed by atoms with E-state index in [2.05, 4.69) is 27.4 Å². The Hall–Kier alpha value is -2.72. The zero-order chi connectivity index (χ0) is 14.9. The van der Waals surface area contributed by atoms with Crippen LogP contribution in [0.3, 0.4) is 0 Å². The molecule has 0 saturated heterocycles. The highest BCUT2D eigenvalue weighted by Gasteiger charge is 2.11. The molecule has 0 spiro atoms. The van der Waals surface area contributed by atoms with Gasteiger partial charge in [0.25, 0.3) is 0 Å². The Bertz CT molecular complexity index is 930. The Morgan fingerprint density at radius 2 is 1.64 bits per heavy atom. The molecule has 4 rings (SSSR count). The number of nitrogens with zero attached hydrogens (tertiary/aromatic N) is 4. The summed E-state index contributed by atoms with van der Waals surface area (Å²) in [6.07, 6.45) is 1.61. The molecular weight excluding hydrogens is 296 g/mol. The average molecular weight is 307 g/mol. The second kappa shape index (κ2) is 5.24. The maximum atomic E-state index is 5.96. The number of aromatic nitrogens is 4. The summed E-state index contributed by atoms with van der Waals surface area (Å²) in [6.45, 7) is 0. The number of benzene rings is 2. The first-order chi connectivity index (χ1) is 10.8. The topological polar surface area (TPSA) is 43.1 Å². The van der Waals surface area contributed by atoms with Crippen molar-refractivity contribution in [2.24, 2.45) is 0 Å². The summed E-state index contributed by atoms with van der Waals surface area (Å²) >= 11 is 5.96. The van der Waals surface area contributed by atoms with Gasteiger partial charge in [-0.05, 0) is 23.8 Å². The van der Waals surface area contributed by atoms with Gasteiger partial charge < -0.3 is 0 Å².